The highest BCUT2D eigenvalue weighted by atomic mass is 16.3. The van der Waals surface area contributed by atoms with Crippen molar-refractivity contribution in [2.45, 2.75) is 38.4 Å². The summed E-state index contributed by atoms with van der Waals surface area (Å²) >= 11 is 0. The number of benzene rings is 1. The van der Waals surface area contributed by atoms with E-state index in [0.717, 1.165) is 12.1 Å². The lowest BCUT2D eigenvalue weighted by Crippen LogP contribution is -2.42. The number of hydrogen-bond donors (Lipinski definition) is 2. The topological polar surface area (TPSA) is 60.8 Å². The first-order valence-electron chi connectivity index (χ1n) is 6.32. The number of aliphatic hydroxyl groups excluding tert-OH is 1. The van der Waals surface area contributed by atoms with Crippen molar-refractivity contribution in [1.82, 2.24) is 0 Å². The molecule has 0 aliphatic carbocycles. The zero-order valence-corrected chi connectivity index (χ0v) is 10.8. The van der Waals surface area contributed by atoms with Crippen LogP contribution >= 0.6 is 0 Å². The molecule has 4 heteroatoms. The van der Waals surface area contributed by atoms with Gasteiger partial charge < -0.3 is 15.1 Å². The Bertz CT molecular complexity index is 458. The van der Waals surface area contributed by atoms with Gasteiger partial charge in [-0.1, -0.05) is 25.1 Å². The van der Waals surface area contributed by atoms with Gasteiger partial charge in [0, 0.05) is 18.5 Å². The Kier molecular flexibility index (Phi) is 3.41. The van der Waals surface area contributed by atoms with E-state index in [0.29, 0.717) is 12.1 Å². The quantitative estimate of drug-likeness (QED) is 0.848. The molecule has 18 heavy (non-hydrogen) atoms. The highest BCUT2D eigenvalue weighted by molar-refractivity contribution is 6.06. The SMILES string of the molecule is CCCN1C(=O)[C@@](O)(C[C@H](C)O)c2ccccc21. The summed E-state index contributed by atoms with van der Waals surface area (Å²) < 4.78 is 0. The fraction of sp³-hybridized carbons (Fsp3) is 0.500. The van der Waals surface area contributed by atoms with Gasteiger partial charge in [0.25, 0.3) is 5.91 Å². The standard InChI is InChI=1S/C14H19NO3/c1-3-8-15-12-7-5-4-6-11(12)14(18,13(15)17)9-10(2)16/h4-7,10,16,18H,3,8-9H2,1-2H3/t10-,14+/m0/s1. The van der Waals surface area contributed by atoms with E-state index in [-0.39, 0.29) is 12.3 Å². The number of aliphatic hydroxyl groups is 2. The summed E-state index contributed by atoms with van der Waals surface area (Å²) in [6.07, 6.45) is 0.127. The van der Waals surface area contributed by atoms with Crippen LogP contribution in [0.25, 0.3) is 0 Å². The second kappa shape index (κ2) is 4.71. The third kappa shape index (κ3) is 1.91. The number of para-hydroxylation sites is 1. The summed E-state index contributed by atoms with van der Waals surface area (Å²) in [5.74, 6) is -0.327. The highest BCUT2D eigenvalue weighted by Crippen LogP contribution is 2.42. The molecule has 0 saturated carbocycles. The first-order valence-corrected chi connectivity index (χ1v) is 6.32. The van der Waals surface area contributed by atoms with Crippen molar-refractivity contribution in [3.63, 3.8) is 0 Å². The van der Waals surface area contributed by atoms with Gasteiger partial charge in [0.15, 0.2) is 5.60 Å². The predicted molar refractivity (Wildman–Crippen MR) is 69.3 cm³/mol. The Balaban J connectivity index is 2.47. The van der Waals surface area contributed by atoms with E-state index in [2.05, 4.69) is 0 Å². The fourth-order valence-electron chi connectivity index (χ4n) is 2.58. The molecule has 1 aromatic rings. The second-order valence-electron chi connectivity index (χ2n) is 4.89. The van der Waals surface area contributed by atoms with E-state index in [1.54, 1.807) is 24.0 Å². The zero-order valence-electron chi connectivity index (χ0n) is 10.8. The van der Waals surface area contributed by atoms with Crippen LogP contribution in [0.3, 0.4) is 0 Å². The lowest BCUT2D eigenvalue weighted by atomic mass is 9.90. The summed E-state index contributed by atoms with van der Waals surface area (Å²) in [6.45, 7) is 4.15. The smallest absolute Gasteiger partial charge is 0.263 e. The molecule has 98 valence electrons. The minimum absolute atomic E-state index is 0.0308. The maximum Gasteiger partial charge on any atom is 0.263 e. The Morgan fingerprint density at radius 3 is 2.67 bits per heavy atom. The van der Waals surface area contributed by atoms with Crippen LogP contribution in [0.4, 0.5) is 5.69 Å². The number of fused-ring (bicyclic) bond motifs is 1. The third-order valence-electron chi connectivity index (χ3n) is 3.28. The van der Waals surface area contributed by atoms with Gasteiger partial charge in [-0.15, -0.1) is 0 Å². The molecule has 1 aliphatic heterocycles. The number of carbonyl (C=O) groups is 1. The van der Waals surface area contributed by atoms with Crippen LogP contribution in [-0.2, 0) is 10.4 Å². The molecule has 2 N–H and O–H groups in total. The average Bonchev–Trinajstić information content (AvgIpc) is 2.52. The lowest BCUT2D eigenvalue weighted by molar-refractivity contribution is -0.139. The maximum absolute atomic E-state index is 12.4. The van der Waals surface area contributed by atoms with Crippen LogP contribution in [0.1, 0.15) is 32.3 Å². The molecule has 1 aliphatic rings. The van der Waals surface area contributed by atoms with E-state index in [1.807, 2.05) is 19.1 Å². The van der Waals surface area contributed by atoms with Crippen molar-refractivity contribution in [3.8, 4) is 0 Å². The van der Waals surface area contributed by atoms with Crippen LogP contribution in [0.2, 0.25) is 0 Å². The molecule has 2 rings (SSSR count). The summed E-state index contributed by atoms with van der Waals surface area (Å²) in [7, 11) is 0. The third-order valence-corrected chi connectivity index (χ3v) is 3.28. The average molecular weight is 249 g/mol. The minimum atomic E-state index is -1.58. The minimum Gasteiger partial charge on any atom is -0.393 e. The van der Waals surface area contributed by atoms with Crippen molar-refractivity contribution in [2.24, 2.45) is 0 Å². The van der Waals surface area contributed by atoms with Gasteiger partial charge in [-0.3, -0.25) is 4.79 Å². The van der Waals surface area contributed by atoms with Gasteiger partial charge in [-0.05, 0) is 19.4 Å². The Morgan fingerprint density at radius 1 is 1.39 bits per heavy atom. The summed E-state index contributed by atoms with van der Waals surface area (Å²) in [5, 5.41) is 20.1. The van der Waals surface area contributed by atoms with E-state index in [4.69, 9.17) is 0 Å². The van der Waals surface area contributed by atoms with Crippen LogP contribution in [0.15, 0.2) is 24.3 Å². The Morgan fingerprint density at radius 2 is 2.06 bits per heavy atom. The van der Waals surface area contributed by atoms with Crippen molar-refractivity contribution in [2.75, 3.05) is 11.4 Å². The normalized spacial score (nSPS) is 24.2. The van der Waals surface area contributed by atoms with E-state index in [9.17, 15) is 15.0 Å². The molecular weight excluding hydrogens is 230 g/mol. The molecule has 0 unspecified atom stereocenters. The van der Waals surface area contributed by atoms with Gasteiger partial charge in [-0.2, -0.15) is 0 Å². The molecule has 1 heterocycles. The fourth-order valence-corrected chi connectivity index (χ4v) is 2.58. The summed E-state index contributed by atoms with van der Waals surface area (Å²) in [4.78, 5) is 14.0. The number of anilines is 1. The lowest BCUT2D eigenvalue weighted by Gasteiger charge is -2.24. The van der Waals surface area contributed by atoms with Gasteiger partial charge in [0.05, 0.1) is 11.8 Å². The number of amides is 1. The molecular formula is C14H19NO3. The molecule has 0 fully saturated rings. The van der Waals surface area contributed by atoms with Gasteiger partial charge in [0.1, 0.15) is 0 Å². The molecule has 0 spiro atoms. The molecule has 0 bridgehead atoms. The molecule has 0 saturated heterocycles. The predicted octanol–water partition coefficient (Wildman–Crippen LogP) is 1.40. The monoisotopic (exact) mass is 249 g/mol. The van der Waals surface area contributed by atoms with Crippen molar-refractivity contribution in [3.05, 3.63) is 29.8 Å². The van der Waals surface area contributed by atoms with Crippen molar-refractivity contribution in [1.29, 1.82) is 0 Å². The molecule has 1 aromatic carbocycles. The van der Waals surface area contributed by atoms with Gasteiger partial charge in [-0.25, -0.2) is 0 Å². The number of nitrogens with zero attached hydrogens (tertiary/aromatic N) is 1. The number of carbonyl (C=O) groups excluding carboxylic acids is 1. The second-order valence-corrected chi connectivity index (χ2v) is 4.89. The molecule has 0 aromatic heterocycles. The van der Waals surface area contributed by atoms with Gasteiger partial charge >= 0.3 is 0 Å². The molecule has 1 amide bonds. The number of rotatable bonds is 4. The maximum atomic E-state index is 12.4. The molecule has 4 nitrogen and oxygen atoms in total. The zero-order chi connectivity index (χ0) is 13.3. The Hall–Kier alpha value is -1.39. The number of hydrogen-bond acceptors (Lipinski definition) is 3. The highest BCUT2D eigenvalue weighted by Gasteiger charge is 2.49. The molecule has 2 atom stereocenters. The van der Waals surface area contributed by atoms with E-state index < -0.39 is 11.7 Å². The first-order chi connectivity index (χ1) is 8.50. The van der Waals surface area contributed by atoms with E-state index >= 15 is 0 Å². The summed E-state index contributed by atoms with van der Waals surface area (Å²) in [6, 6.07) is 7.24. The van der Waals surface area contributed by atoms with E-state index in [1.165, 1.54) is 0 Å². The van der Waals surface area contributed by atoms with Crippen molar-refractivity contribution >= 4 is 11.6 Å². The van der Waals surface area contributed by atoms with Crippen LogP contribution in [0, 0.1) is 0 Å². The summed E-state index contributed by atoms with van der Waals surface area (Å²) in [5.41, 5.74) is -0.225. The van der Waals surface area contributed by atoms with Crippen molar-refractivity contribution < 1.29 is 15.0 Å². The first kappa shape index (κ1) is 13.1. The van der Waals surface area contributed by atoms with Crippen LogP contribution in [0.5, 0.6) is 0 Å². The Labute approximate surface area is 107 Å². The molecule has 0 radical (unpaired) electrons. The van der Waals surface area contributed by atoms with Gasteiger partial charge in [0.2, 0.25) is 0 Å². The van der Waals surface area contributed by atoms with Crippen LogP contribution < -0.4 is 4.90 Å². The van der Waals surface area contributed by atoms with Crippen LogP contribution in [-0.4, -0.2) is 28.8 Å². The largest absolute Gasteiger partial charge is 0.393 e.